The van der Waals surface area contributed by atoms with Crippen molar-refractivity contribution in [1.29, 1.82) is 0 Å². The van der Waals surface area contributed by atoms with E-state index < -0.39 is 0 Å². The largest absolute Gasteiger partial charge is 0.458 e. The van der Waals surface area contributed by atoms with Gasteiger partial charge in [-0.05, 0) is 23.3 Å². The molecule has 14 heavy (non-hydrogen) atoms. The van der Waals surface area contributed by atoms with Gasteiger partial charge in [0.05, 0.1) is 0 Å². The first kappa shape index (κ1) is 11.3. The molecular formula is C12H20O2. The van der Waals surface area contributed by atoms with Gasteiger partial charge in [-0.1, -0.05) is 34.3 Å². The predicted octanol–water partition coefficient (Wildman–Crippen LogP) is 2.93. The lowest BCUT2D eigenvalue weighted by atomic mass is 9.81. The van der Waals surface area contributed by atoms with Gasteiger partial charge >= 0.3 is 5.97 Å². The number of hydrogen-bond donors (Lipinski definition) is 0. The Hall–Kier alpha value is -0.790. The van der Waals surface area contributed by atoms with E-state index in [4.69, 9.17) is 4.74 Å². The molecule has 0 bridgehead atoms. The Morgan fingerprint density at radius 1 is 1.64 bits per heavy atom. The number of carbonyl (C=O) groups excluding carboxylic acids is 1. The van der Waals surface area contributed by atoms with Crippen LogP contribution in [0.3, 0.4) is 0 Å². The van der Waals surface area contributed by atoms with Crippen LogP contribution in [0.2, 0.25) is 0 Å². The van der Waals surface area contributed by atoms with Crippen LogP contribution in [-0.2, 0) is 9.53 Å². The maximum Gasteiger partial charge on any atom is 0.306 e. The highest BCUT2D eigenvalue weighted by molar-refractivity contribution is 5.69. The molecule has 0 radical (unpaired) electrons. The van der Waals surface area contributed by atoms with Crippen LogP contribution in [0.25, 0.3) is 0 Å². The van der Waals surface area contributed by atoms with E-state index in [1.807, 2.05) is 6.92 Å². The first-order valence-electron chi connectivity index (χ1n) is 5.28. The number of carbonyl (C=O) groups is 1. The first-order valence-corrected chi connectivity index (χ1v) is 5.28. The van der Waals surface area contributed by atoms with E-state index in [0.717, 1.165) is 12.0 Å². The van der Waals surface area contributed by atoms with Gasteiger partial charge in [-0.3, -0.25) is 4.79 Å². The smallest absolute Gasteiger partial charge is 0.306 e. The second-order valence-corrected chi connectivity index (χ2v) is 4.72. The molecule has 1 aliphatic rings. The molecular weight excluding hydrogens is 176 g/mol. The maximum absolute atomic E-state index is 11.2. The third-order valence-corrected chi connectivity index (χ3v) is 3.58. The van der Waals surface area contributed by atoms with Gasteiger partial charge < -0.3 is 4.74 Å². The Kier molecular flexibility index (Phi) is 3.03. The van der Waals surface area contributed by atoms with Crippen LogP contribution in [0.5, 0.6) is 0 Å². The molecule has 2 nitrogen and oxygen atoms in total. The van der Waals surface area contributed by atoms with Crippen molar-refractivity contribution in [3.63, 3.8) is 0 Å². The fourth-order valence-corrected chi connectivity index (χ4v) is 1.85. The zero-order chi connectivity index (χ0) is 10.9. The Bertz CT molecular complexity index is 253. The summed E-state index contributed by atoms with van der Waals surface area (Å²) in [6.07, 6.45) is 1.29. The fraction of sp³-hybridized carbons (Fsp3) is 0.750. The van der Waals surface area contributed by atoms with Gasteiger partial charge in [0.25, 0.3) is 0 Å². The number of ether oxygens (including phenoxy) is 1. The van der Waals surface area contributed by atoms with Crippen LogP contribution in [-0.4, -0.2) is 12.1 Å². The molecule has 0 saturated heterocycles. The van der Waals surface area contributed by atoms with E-state index in [-0.39, 0.29) is 17.5 Å². The molecule has 1 saturated carbocycles. The van der Waals surface area contributed by atoms with E-state index in [9.17, 15) is 4.79 Å². The van der Waals surface area contributed by atoms with E-state index in [1.54, 1.807) is 0 Å². The van der Waals surface area contributed by atoms with Gasteiger partial charge in [0, 0.05) is 6.42 Å². The number of hydrogen-bond acceptors (Lipinski definition) is 2. The third kappa shape index (κ3) is 1.84. The van der Waals surface area contributed by atoms with E-state index >= 15 is 0 Å². The van der Waals surface area contributed by atoms with Gasteiger partial charge in [-0.25, -0.2) is 0 Å². The van der Waals surface area contributed by atoms with Crippen LogP contribution in [0.4, 0.5) is 0 Å². The molecule has 1 aliphatic carbocycles. The van der Waals surface area contributed by atoms with Crippen molar-refractivity contribution < 1.29 is 9.53 Å². The van der Waals surface area contributed by atoms with Gasteiger partial charge in [0.15, 0.2) is 0 Å². The highest BCUT2D eigenvalue weighted by atomic mass is 16.5. The molecule has 1 rings (SSSR count). The first-order chi connectivity index (χ1) is 6.39. The summed E-state index contributed by atoms with van der Waals surface area (Å²) in [7, 11) is 0. The minimum Gasteiger partial charge on any atom is -0.458 e. The maximum atomic E-state index is 11.2. The summed E-state index contributed by atoms with van der Waals surface area (Å²) in [6.45, 7) is 12.4. The summed E-state index contributed by atoms with van der Waals surface area (Å²) >= 11 is 0. The summed E-state index contributed by atoms with van der Waals surface area (Å²) in [5.74, 6) is 0.408. The minimum atomic E-state index is -0.124. The molecule has 0 N–H and O–H groups in total. The molecule has 1 fully saturated rings. The average Bonchev–Trinajstić information content (AvgIpc) is 2.30. The van der Waals surface area contributed by atoms with Crippen molar-refractivity contribution in [3.05, 3.63) is 12.2 Å². The molecule has 0 heterocycles. The average molecular weight is 196 g/mol. The summed E-state index contributed by atoms with van der Waals surface area (Å²) in [6, 6.07) is 0. The molecule has 2 atom stereocenters. The highest BCUT2D eigenvalue weighted by Gasteiger charge is 2.42. The Morgan fingerprint density at radius 2 is 2.21 bits per heavy atom. The normalized spacial score (nSPS) is 30.4. The van der Waals surface area contributed by atoms with Crippen LogP contribution >= 0.6 is 0 Å². The van der Waals surface area contributed by atoms with E-state index in [1.165, 1.54) is 0 Å². The summed E-state index contributed by atoms with van der Waals surface area (Å²) < 4.78 is 5.34. The van der Waals surface area contributed by atoms with Crippen LogP contribution in [0.1, 0.15) is 40.5 Å². The SMILES string of the molecule is C=C1C(OC(=O)CC)CC(C)C1(C)C. The fourth-order valence-electron chi connectivity index (χ4n) is 1.85. The van der Waals surface area contributed by atoms with Crippen molar-refractivity contribution >= 4 is 5.97 Å². The van der Waals surface area contributed by atoms with Gasteiger partial charge in [-0.15, -0.1) is 0 Å². The molecule has 0 amide bonds. The molecule has 0 aromatic rings. The van der Waals surface area contributed by atoms with Crippen molar-refractivity contribution in [1.82, 2.24) is 0 Å². The molecule has 0 spiro atoms. The highest BCUT2D eigenvalue weighted by Crippen LogP contribution is 2.47. The monoisotopic (exact) mass is 196 g/mol. The number of esters is 1. The topological polar surface area (TPSA) is 26.3 Å². The minimum absolute atomic E-state index is 0.0625. The van der Waals surface area contributed by atoms with Crippen LogP contribution in [0, 0.1) is 11.3 Å². The van der Waals surface area contributed by atoms with Crippen molar-refractivity contribution in [2.24, 2.45) is 11.3 Å². The molecule has 80 valence electrons. The lowest BCUT2D eigenvalue weighted by Crippen LogP contribution is -2.20. The predicted molar refractivity (Wildman–Crippen MR) is 56.9 cm³/mol. The second kappa shape index (κ2) is 3.76. The molecule has 0 aromatic carbocycles. The molecule has 2 unspecified atom stereocenters. The summed E-state index contributed by atoms with van der Waals surface area (Å²) in [5, 5.41) is 0. The molecule has 0 aliphatic heterocycles. The zero-order valence-electron chi connectivity index (χ0n) is 9.59. The van der Waals surface area contributed by atoms with Crippen molar-refractivity contribution in [3.8, 4) is 0 Å². The lowest BCUT2D eigenvalue weighted by Gasteiger charge is -2.25. The van der Waals surface area contributed by atoms with E-state index in [2.05, 4.69) is 27.4 Å². The summed E-state index contributed by atoms with van der Waals surface area (Å²) in [5.41, 5.74) is 1.16. The van der Waals surface area contributed by atoms with Crippen molar-refractivity contribution in [2.45, 2.75) is 46.6 Å². The zero-order valence-corrected chi connectivity index (χ0v) is 9.59. The molecule has 0 aromatic heterocycles. The lowest BCUT2D eigenvalue weighted by molar-refractivity contribution is -0.146. The Labute approximate surface area is 86.3 Å². The van der Waals surface area contributed by atoms with Gasteiger partial charge in [-0.2, -0.15) is 0 Å². The Morgan fingerprint density at radius 3 is 2.57 bits per heavy atom. The van der Waals surface area contributed by atoms with E-state index in [0.29, 0.717) is 12.3 Å². The second-order valence-electron chi connectivity index (χ2n) is 4.72. The van der Waals surface area contributed by atoms with Gasteiger partial charge in [0.1, 0.15) is 6.10 Å². The van der Waals surface area contributed by atoms with Crippen LogP contribution < -0.4 is 0 Å². The van der Waals surface area contributed by atoms with Gasteiger partial charge in [0.2, 0.25) is 0 Å². The van der Waals surface area contributed by atoms with Crippen molar-refractivity contribution in [2.75, 3.05) is 0 Å². The quantitative estimate of drug-likeness (QED) is 0.501. The Balaban J connectivity index is 2.68. The standard InChI is InChI=1S/C12H20O2/c1-6-11(13)14-10-7-8(2)12(4,5)9(10)3/h8,10H,3,6-7H2,1-2,4-5H3. The van der Waals surface area contributed by atoms with Crippen LogP contribution in [0.15, 0.2) is 12.2 Å². The third-order valence-electron chi connectivity index (χ3n) is 3.58. The number of rotatable bonds is 2. The molecule has 2 heteroatoms. The summed E-state index contributed by atoms with van der Waals surface area (Å²) in [4.78, 5) is 11.2.